The second-order valence-corrected chi connectivity index (χ2v) is 7.85. The average molecular weight is 424 g/mol. The van der Waals surface area contributed by atoms with Gasteiger partial charge in [0.2, 0.25) is 0 Å². The van der Waals surface area contributed by atoms with Crippen LogP contribution >= 0.6 is 11.6 Å². The Balaban J connectivity index is 1.53. The highest BCUT2D eigenvalue weighted by molar-refractivity contribution is 6.30. The van der Waals surface area contributed by atoms with Crippen molar-refractivity contribution in [2.75, 3.05) is 5.73 Å². The number of nitrogens with zero attached hydrogens (tertiary/aromatic N) is 2. The molecule has 8 heteroatoms. The Morgan fingerprint density at radius 1 is 1.20 bits per heavy atom. The predicted molar refractivity (Wildman–Crippen MR) is 116 cm³/mol. The Hall–Kier alpha value is -3.32. The summed E-state index contributed by atoms with van der Waals surface area (Å²) in [4.78, 5) is 25.0. The molecule has 1 aromatic heterocycles. The number of benzene rings is 2. The van der Waals surface area contributed by atoms with Gasteiger partial charge in [-0.15, -0.1) is 0 Å². The van der Waals surface area contributed by atoms with E-state index in [1.54, 1.807) is 24.3 Å². The molecule has 0 saturated heterocycles. The number of rotatable bonds is 6. The van der Waals surface area contributed by atoms with Crippen LogP contribution in [0.1, 0.15) is 44.7 Å². The maximum atomic E-state index is 12.6. The first-order valence-electron chi connectivity index (χ1n) is 9.70. The van der Waals surface area contributed by atoms with E-state index in [0.29, 0.717) is 22.8 Å². The van der Waals surface area contributed by atoms with Gasteiger partial charge in [-0.25, -0.2) is 4.68 Å². The summed E-state index contributed by atoms with van der Waals surface area (Å²) in [6.45, 7) is 2.22. The van der Waals surface area contributed by atoms with Gasteiger partial charge in [0, 0.05) is 23.2 Å². The van der Waals surface area contributed by atoms with E-state index < -0.39 is 0 Å². The standard InChI is InChI=1S/C22H22ClN5O2/c1-13-5-6-15(21(29)27-17-7-8-17)10-19(13)28-20(24)18(12-26-28)22(30)25-11-14-3-2-4-16(23)9-14/h2-6,9-10,12,17H,7-8,11,24H2,1H3,(H,25,30)(H,27,29). The molecule has 30 heavy (non-hydrogen) atoms. The number of halogens is 1. The molecule has 0 atom stereocenters. The molecule has 154 valence electrons. The van der Waals surface area contributed by atoms with Crippen LogP contribution < -0.4 is 16.4 Å². The van der Waals surface area contributed by atoms with Gasteiger partial charge in [0.1, 0.15) is 11.4 Å². The van der Waals surface area contributed by atoms with Crippen LogP contribution in [0, 0.1) is 6.92 Å². The maximum absolute atomic E-state index is 12.6. The van der Waals surface area contributed by atoms with Crippen LogP contribution in [0.2, 0.25) is 5.02 Å². The van der Waals surface area contributed by atoms with Crippen LogP contribution in [0.4, 0.5) is 5.82 Å². The molecule has 4 N–H and O–H groups in total. The van der Waals surface area contributed by atoms with Crippen molar-refractivity contribution < 1.29 is 9.59 Å². The first-order chi connectivity index (χ1) is 14.4. The Labute approximate surface area is 179 Å². The highest BCUT2D eigenvalue weighted by Gasteiger charge is 2.24. The van der Waals surface area contributed by atoms with E-state index >= 15 is 0 Å². The summed E-state index contributed by atoms with van der Waals surface area (Å²) in [6.07, 6.45) is 3.47. The molecule has 1 saturated carbocycles. The second-order valence-electron chi connectivity index (χ2n) is 7.42. The van der Waals surface area contributed by atoms with Crippen LogP contribution in [-0.4, -0.2) is 27.6 Å². The molecule has 1 heterocycles. The van der Waals surface area contributed by atoms with Gasteiger partial charge in [0.05, 0.1) is 11.9 Å². The number of anilines is 1. The van der Waals surface area contributed by atoms with E-state index in [1.807, 2.05) is 25.1 Å². The minimum Gasteiger partial charge on any atom is -0.383 e. The molecular weight excluding hydrogens is 402 g/mol. The third kappa shape index (κ3) is 4.31. The number of hydrogen-bond donors (Lipinski definition) is 3. The fourth-order valence-electron chi connectivity index (χ4n) is 3.12. The SMILES string of the molecule is Cc1ccc(C(=O)NC2CC2)cc1-n1ncc(C(=O)NCc2cccc(Cl)c2)c1N. The minimum atomic E-state index is -0.334. The van der Waals surface area contributed by atoms with Gasteiger partial charge in [0.25, 0.3) is 11.8 Å². The van der Waals surface area contributed by atoms with Crippen molar-refractivity contribution in [3.05, 3.63) is 75.9 Å². The van der Waals surface area contributed by atoms with Crippen molar-refractivity contribution in [3.63, 3.8) is 0 Å². The summed E-state index contributed by atoms with van der Waals surface area (Å²) >= 11 is 5.98. The average Bonchev–Trinajstić information content (AvgIpc) is 3.46. The van der Waals surface area contributed by atoms with Gasteiger partial charge in [0.15, 0.2) is 0 Å². The molecule has 7 nitrogen and oxygen atoms in total. The van der Waals surface area contributed by atoms with Crippen LogP contribution in [0.15, 0.2) is 48.7 Å². The summed E-state index contributed by atoms with van der Waals surface area (Å²) in [5.74, 6) is -0.246. The lowest BCUT2D eigenvalue weighted by molar-refractivity contribution is 0.0943. The van der Waals surface area contributed by atoms with Gasteiger partial charge >= 0.3 is 0 Å². The molecule has 1 fully saturated rings. The first-order valence-corrected chi connectivity index (χ1v) is 10.1. The summed E-state index contributed by atoms with van der Waals surface area (Å²) in [5, 5.41) is 10.7. The topological polar surface area (TPSA) is 102 Å². The van der Waals surface area contributed by atoms with Crippen LogP contribution in [0.3, 0.4) is 0 Å². The number of amides is 2. The Morgan fingerprint density at radius 2 is 2.00 bits per heavy atom. The molecule has 2 aromatic carbocycles. The Morgan fingerprint density at radius 3 is 2.73 bits per heavy atom. The van der Waals surface area contributed by atoms with Gasteiger partial charge < -0.3 is 16.4 Å². The largest absolute Gasteiger partial charge is 0.383 e. The van der Waals surface area contributed by atoms with Crippen molar-refractivity contribution in [3.8, 4) is 5.69 Å². The predicted octanol–water partition coefficient (Wildman–Crippen LogP) is 3.24. The smallest absolute Gasteiger partial charge is 0.256 e. The fraction of sp³-hybridized carbons (Fsp3) is 0.227. The zero-order valence-corrected chi connectivity index (χ0v) is 17.2. The van der Waals surface area contributed by atoms with E-state index in [0.717, 1.165) is 24.0 Å². The van der Waals surface area contributed by atoms with E-state index in [1.165, 1.54) is 10.9 Å². The molecule has 0 spiro atoms. The summed E-state index contributed by atoms with van der Waals surface area (Å²) in [7, 11) is 0. The maximum Gasteiger partial charge on any atom is 0.256 e. The summed E-state index contributed by atoms with van der Waals surface area (Å²) in [5.41, 5.74) is 9.46. The molecule has 0 aliphatic heterocycles. The van der Waals surface area contributed by atoms with Crippen molar-refractivity contribution in [1.82, 2.24) is 20.4 Å². The van der Waals surface area contributed by atoms with E-state index in [-0.39, 0.29) is 29.2 Å². The number of nitrogens with one attached hydrogen (secondary N) is 2. The quantitative estimate of drug-likeness (QED) is 0.566. The first kappa shape index (κ1) is 20.0. The van der Waals surface area contributed by atoms with E-state index in [9.17, 15) is 9.59 Å². The lowest BCUT2D eigenvalue weighted by Crippen LogP contribution is -2.25. The number of aryl methyl sites for hydroxylation is 1. The van der Waals surface area contributed by atoms with E-state index in [2.05, 4.69) is 15.7 Å². The van der Waals surface area contributed by atoms with Crippen molar-refractivity contribution in [2.45, 2.75) is 32.4 Å². The van der Waals surface area contributed by atoms with Crippen molar-refractivity contribution in [2.24, 2.45) is 0 Å². The van der Waals surface area contributed by atoms with Gasteiger partial charge in [-0.1, -0.05) is 29.8 Å². The van der Waals surface area contributed by atoms with Crippen LogP contribution in [-0.2, 0) is 6.54 Å². The number of aromatic nitrogens is 2. The fourth-order valence-corrected chi connectivity index (χ4v) is 3.34. The number of carbonyl (C=O) groups excluding carboxylic acids is 2. The Kier molecular flexibility index (Phi) is 5.46. The van der Waals surface area contributed by atoms with Crippen LogP contribution in [0.25, 0.3) is 5.69 Å². The third-order valence-electron chi connectivity index (χ3n) is 5.01. The highest BCUT2D eigenvalue weighted by atomic mass is 35.5. The lowest BCUT2D eigenvalue weighted by Gasteiger charge is -2.11. The summed E-state index contributed by atoms with van der Waals surface area (Å²) in [6, 6.07) is 12.9. The Bertz CT molecular complexity index is 1120. The van der Waals surface area contributed by atoms with Crippen LogP contribution in [0.5, 0.6) is 0 Å². The van der Waals surface area contributed by atoms with Gasteiger partial charge in [-0.3, -0.25) is 9.59 Å². The normalized spacial score (nSPS) is 13.1. The zero-order valence-electron chi connectivity index (χ0n) is 16.5. The molecule has 1 aliphatic carbocycles. The van der Waals surface area contributed by atoms with E-state index in [4.69, 9.17) is 17.3 Å². The van der Waals surface area contributed by atoms with Gasteiger partial charge in [-0.2, -0.15) is 5.10 Å². The zero-order chi connectivity index (χ0) is 21.3. The molecule has 2 amide bonds. The number of hydrogen-bond acceptors (Lipinski definition) is 4. The number of nitrogens with two attached hydrogens (primary N) is 1. The molecule has 0 bridgehead atoms. The number of nitrogen functional groups attached to an aromatic ring is 1. The lowest BCUT2D eigenvalue weighted by atomic mass is 10.1. The molecule has 0 radical (unpaired) electrons. The second kappa shape index (κ2) is 8.20. The number of carbonyl (C=O) groups is 2. The molecule has 4 rings (SSSR count). The van der Waals surface area contributed by atoms with Crippen molar-refractivity contribution >= 4 is 29.2 Å². The van der Waals surface area contributed by atoms with Gasteiger partial charge in [-0.05, 0) is 55.2 Å². The minimum absolute atomic E-state index is 0.121. The summed E-state index contributed by atoms with van der Waals surface area (Å²) < 4.78 is 1.48. The monoisotopic (exact) mass is 423 g/mol. The van der Waals surface area contributed by atoms with Crippen molar-refractivity contribution in [1.29, 1.82) is 0 Å². The molecular formula is C22H22ClN5O2. The molecule has 1 aliphatic rings. The highest BCUT2D eigenvalue weighted by Crippen LogP contribution is 2.23. The molecule has 0 unspecified atom stereocenters. The third-order valence-corrected chi connectivity index (χ3v) is 5.24. The molecule has 3 aromatic rings.